The maximum absolute atomic E-state index is 12.1. The Morgan fingerprint density at radius 1 is 1.21 bits per heavy atom. The van der Waals surface area contributed by atoms with E-state index in [0.717, 1.165) is 27.6 Å². The molecule has 1 aliphatic heterocycles. The van der Waals surface area contributed by atoms with Gasteiger partial charge in [-0.15, -0.1) is 0 Å². The number of rotatable bonds is 1. The molecule has 2 aromatic rings. The summed E-state index contributed by atoms with van der Waals surface area (Å²) in [5.74, 6) is -0.231. The maximum atomic E-state index is 12.1. The van der Waals surface area contributed by atoms with Gasteiger partial charge in [-0.25, -0.2) is 4.79 Å². The molecule has 19 heavy (non-hydrogen) atoms. The number of hydrogen-bond acceptors (Lipinski definition) is 2. The average molecular weight is 317 g/mol. The van der Waals surface area contributed by atoms with Crippen molar-refractivity contribution in [3.8, 4) is 0 Å². The van der Waals surface area contributed by atoms with Gasteiger partial charge in [-0.1, -0.05) is 51.8 Å². The lowest BCUT2D eigenvalue weighted by molar-refractivity contribution is 0.0251. The van der Waals surface area contributed by atoms with E-state index in [4.69, 9.17) is 4.74 Å². The molecule has 0 saturated heterocycles. The highest BCUT2D eigenvalue weighted by Crippen LogP contribution is 2.34. The molecule has 0 bridgehead atoms. The van der Waals surface area contributed by atoms with Crippen LogP contribution in [-0.2, 0) is 11.2 Å². The summed E-state index contributed by atoms with van der Waals surface area (Å²) in [5, 5.41) is 0. The number of carbonyl (C=O) groups is 1. The van der Waals surface area contributed by atoms with Gasteiger partial charge in [0.25, 0.3) is 0 Å². The highest BCUT2D eigenvalue weighted by atomic mass is 79.9. The lowest BCUT2D eigenvalue weighted by Gasteiger charge is -2.26. The molecule has 0 fully saturated rings. The third kappa shape index (κ3) is 2.30. The SMILES string of the molecule is Cc1ccc2c(c1)C(=O)OC(c1ccccc1Br)C2. The first-order valence-electron chi connectivity index (χ1n) is 6.20. The molecule has 96 valence electrons. The first-order valence-corrected chi connectivity index (χ1v) is 6.99. The molecular formula is C16H13BrO2. The van der Waals surface area contributed by atoms with Crippen molar-refractivity contribution in [2.75, 3.05) is 0 Å². The van der Waals surface area contributed by atoms with Crippen molar-refractivity contribution in [3.05, 3.63) is 69.2 Å². The molecule has 2 aromatic carbocycles. The van der Waals surface area contributed by atoms with Crippen LogP contribution < -0.4 is 0 Å². The summed E-state index contributed by atoms with van der Waals surface area (Å²) in [6, 6.07) is 13.8. The second-order valence-corrected chi connectivity index (χ2v) is 5.63. The van der Waals surface area contributed by atoms with E-state index in [0.29, 0.717) is 5.56 Å². The van der Waals surface area contributed by atoms with Crippen LogP contribution in [0.25, 0.3) is 0 Å². The molecule has 0 amide bonds. The highest BCUT2D eigenvalue weighted by Gasteiger charge is 2.28. The van der Waals surface area contributed by atoms with Gasteiger partial charge < -0.3 is 4.74 Å². The predicted molar refractivity (Wildman–Crippen MR) is 77.2 cm³/mol. The van der Waals surface area contributed by atoms with Crippen molar-refractivity contribution in [2.45, 2.75) is 19.4 Å². The number of halogens is 1. The molecule has 0 spiro atoms. The Labute approximate surface area is 120 Å². The number of carbonyl (C=O) groups excluding carboxylic acids is 1. The number of hydrogen-bond donors (Lipinski definition) is 0. The molecule has 0 N–H and O–H groups in total. The molecule has 2 nitrogen and oxygen atoms in total. The first kappa shape index (κ1) is 12.4. The van der Waals surface area contributed by atoms with Crippen LogP contribution in [0.5, 0.6) is 0 Å². The zero-order valence-corrected chi connectivity index (χ0v) is 12.1. The summed E-state index contributed by atoms with van der Waals surface area (Å²) in [5.41, 5.74) is 3.85. The average Bonchev–Trinajstić information content (AvgIpc) is 2.40. The van der Waals surface area contributed by atoms with Crippen LogP contribution >= 0.6 is 15.9 Å². The largest absolute Gasteiger partial charge is 0.453 e. The van der Waals surface area contributed by atoms with Gasteiger partial charge in [0.2, 0.25) is 0 Å². The number of cyclic esters (lactones) is 1. The summed E-state index contributed by atoms with van der Waals surface area (Å²) in [6.07, 6.45) is 0.516. The molecule has 0 aliphatic carbocycles. The van der Waals surface area contributed by atoms with Crippen LogP contribution in [0, 0.1) is 6.92 Å². The van der Waals surface area contributed by atoms with Crippen molar-refractivity contribution < 1.29 is 9.53 Å². The van der Waals surface area contributed by atoms with Gasteiger partial charge in [-0.2, -0.15) is 0 Å². The van der Waals surface area contributed by atoms with Gasteiger partial charge in [0, 0.05) is 16.5 Å². The van der Waals surface area contributed by atoms with E-state index in [1.807, 2.05) is 49.4 Å². The van der Waals surface area contributed by atoms with E-state index in [9.17, 15) is 4.79 Å². The molecule has 3 heteroatoms. The van der Waals surface area contributed by atoms with Gasteiger partial charge in [-0.3, -0.25) is 0 Å². The van der Waals surface area contributed by atoms with Crippen molar-refractivity contribution in [2.24, 2.45) is 0 Å². The normalized spacial score (nSPS) is 17.8. The fourth-order valence-electron chi connectivity index (χ4n) is 2.40. The van der Waals surface area contributed by atoms with Crippen molar-refractivity contribution in [3.63, 3.8) is 0 Å². The number of fused-ring (bicyclic) bond motifs is 1. The fourth-order valence-corrected chi connectivity index (χ4v) is 2.94. The van der Waals surface area contributed by atoms with E-state index >= 15 is 0 Å². The van der Waals surface area contributed by atoms with Gasteiger partial charge in [-0.05, 0) is 24.6 Å². The minimum absolute atomic E-state index is 0.210. The molecule has 1 unspecified atom stereocenters. The molecule has 1 aliphatic rings. The Morgan fingerprint density at radius 3 is 2.79 bits per heavy atom. The second kappa shape index (κ2) is 4.82. The maximum Gasteiger partial charge on any atom is 0.339 e. The quantitative estimate of drug-likeness (QED) is 0.737. The zero-order valence-electron chi connectivity index (χ0n) is 10.5. The summed E-state index contributed by atoms with van der Waals surface area (Å²) >= 11 is 3.51. The highest BCUT2D eigenvalue weighted by molar-refractivity contribution is 9.10. The molecule has 0 saturated carbocycles. The van der Waals surface area contributed by atoms with Gasteiger partial charge in [0.1, 0.15) is 6.10 Å². The van der Waals surface area contributed by atoms with Crippen LogP contribution in [0.2, 0.25) is 0 Å². The van der Waals surface area contributed by atoms with Gasteiger partial charge in [0.15, 0.2) is 0 Å². The van der Waals surface area contributed by atoms with Crippen LogP contribution in [0.3, 0.4) is 0 Å². The molecule has 0 radical (unpaired) electrons. The number of ether oxygens (including phenoxy) is 1. The topological polar surface area (TPSA) is 26.3 Å². The number of benzene rings is 2. The molecule has 0 aromatic heterocycles. The standard InChI is InChI=1S/C16H13BrO2/c1-10-6-7-11-9-15(19-16(18)13(11)8-10)12-4-2-3-5-14(12)17/h2-8,15H,9H2,1H3. The van der Waals surface area contributed by atoms with Gasteiger partial charge >= 0.3 is 5.97 Å². The third-order valence-corrected chi connectivity index (χ3v) is 4.11. The first-order chi connectivity index (χ1) is 9.15. The van der Waals surface area contributed by atoms with Gasteiger partial charge in [0.05, 0.1) is 5.56 Å². The lowest BCUT2D eigenvalue weighted by Crippen LogP contribution is -2.22. The van der Waals surface area contributed by atoms with Crippen molar-refractivity contribution in [1.29, 1.82) is 0 Å². The Bertz CT molecular complexity index is 649. The fraction of sp³-hybridized carbons (Fsp3) is 0.188. The number of aryl methyl sites for hydroxylation is 1. The summed E-state index contributed by atoms with van der Waals surface area (Å²) < 4.78 is 6.54. The second-order valence-electron chi connectivity index (χ2n) is 4.78. The van der Waals surface area contributed by atoms with E-state index in [-0.39, 0.29) is 12.1 Å². The Balaban J connectivity index is 2.00. The minimum Gasteiger partial charge on any atom is -0.453 e. The smallest absolute Gasteiger partial charge is 0.339 e. The van der Waals surface area contributed by atoms with Crippen LogP contribution in [-0.4, -0.2) is 5.97 Å². The van der Waals surface area contributed by atoms with Crippen molar-refractivity contribution in [1.82, 2.24) is 0 Å². The predicted octanol–water partition coefficient (Wildman–Crippen LogP) is 4.21. The summed E-state index contributed by atoms with van der Waals surface area (Å²) in [7, 11) is 0. The zero-order chi connectivity index (χ0) is 13.4. The van der Waals surface area contributed by atoms with Crippen LogP contribution in [0.1, 0.15) is 33.2 Å². The molecular weight excluding hydrogens is 304 g/mol. The Kier molecular flexibility index (Phi) is 3.15. The van der Waals surface area contributed by atoms with E-state index in [1.54, 1.807) is 0 Å². The number of esters is 1. The lowest BCUT2D eigenvalue weighted by atomic mass is 9.93. The van der Waals surface area contributed by atoms with E-state index in [1.165, 1.54) is 0 Å². The molecule has 1 heterocycles. The molecule has 1 atom stereocenters. The molecule has 3 rings (SSSR count). The van der Waals surface area contributed by atoms with Crippen LogP contribution in [0.4, 0.5) is 0 Å². The Hall–Kier alpha value is -1.61. The summed E-state index contributed by atoms with van der Waals surface area (Å²) in [6.45, 7) is 1.98. The van der Waals surface area contributed by atoms with E-state index in [2.05, 4.69) is 15.9 Å². The van der Waals surface area contributed by atoms with E-state index < -0.39 is 0 Å². The third-order valence-electron chi connectivity index (χ3n) is 3.39. The monoisotopic (exact) mass is 316 g/mol. The van der Waals surface area contributed by atoms with Crippen molar-refractivity contribution >= 4 is 21.9 Å². The minimum atomic E-state index is -0.231. The summed E-state index contributed by atoms with van der Waals surface area (Å²) in [4.78, 5) is 12.1. The Morgan fingerprint density at radius 2 is 2.00 bits per heavy atom. The van der Waals surface area contributed by atoms with Crippen LogP contribution in [0.15, 0.2) is 46.9 Å².